The molecular formula is C17H20N2O2. The van der Waals surface area contributed by atoms with Gasteiger partial charge in [0.1, 0.15) is 5.52 Å². The summed E-state index contributed by atoms with van der Waals surface area (Å²) in [5.74, 6) is 0. The molecule has 3 rings (SSSR count). The molecule has 0 aromatic carbocycles. The molecule has 0 amide bonds. The Hall–Kier alpha value is -2.07. The molecule has 0 unspecified atom stereocenters. The Bertz CT molecular complexity index is 813. The van der Waals surface area contributed by atoms with Gasteiger partial charge in [-0.25, -0.2) is 0 Å². The molecule has 21 heavy (non-hydrogen) atoms. The van der Waals surface area contributed by atoms with Gasteiger partial charge in [-0.1, -0.05) is 12.2 Å². The van der Waals surface area contributed by atoms with Crippen molar-refractivity contribution < 1.29 is 5.11 Å². The van der Waals surface area contributed by atoms with E-state index in [4.69, 9.17) is 0 Å². The molecule has 4 nitrogen and oxygen atoms in total. The highest BCUT2D eigenvalue weighted by Crippen LogP contribution is 2.33. The van der Waals surface area contributed by atoms with Gasteiger partial charge in [-0.2, -0.15) is 0 Å². The van der Waals surface area contributed by atoms with E-state index in [9.17, 15) is 9.90 Å². The second-order valence-electron chi connectivity index (χ2n) is 6.17. The van der Waals surface area contributed by atoms with Gasteiger partial charge in [-0.05, 0) is 43.9 Å². The average Bonchev–Trinajstić information content (AvgIpc) is 2.92. The van der Waals surface area contributed by atoms with E-state index in [0.717, 1.165) is 29.4 Å². The molecular weight excluding hydrogens is 264 g/mol. The fraction of sp³-hybridized carbons (Fsp3) is 0.353. The Morgan fingerprint density at radius 3 is 2.67 bits per heavy atom. The van der Waals surface area contributed by atoms with Gasteiger partial charge in [0.15, 0.2) is 0 Å². The Balaban J connectivity index is 2.13. The number of hydrogen-bond acceptors (Lipinski definition) is 2. The van der Waals surface area contributed by atoms with E-state index in [0.29, 0.717) is 5.52 Å². The first kappa shape index (κ1) is 13.9. The first-order valence-electron chi connectivity index (χ1n) is 7.17. The van der Waals surface area contributed by atoms with Crippen LogP contribution in [-0.2, 0) is 7.05 Å². The van der Waals surface area contributed by atoms with Crippen LogP contribution in [0.3, 0.4) is 0 Å². The van der Waals surface area contributed by atoms with Crippen LogP contribution in [0.5, 0.6) is 0 Å². The van der Waals surface area contributed by atoms with Gasteiger partial charge in [-0.15, -0.1) is 0 Å². The Kier molecular flexibility index (Phi) is 3.14. The van der Waals surface area contributed by atoms with Crippen molar-refractivity contribution in [3.63, 3.8) is 0 Å². The summed E-state index contributed by atoms with van der Waals surface area (Å²) in [5.41, 5.74) is 3.19. The fourth-order valence-corrected chi connectivity index (χ4v) is 2.90. The lowest BCUT2D eigenvalue weighted by atomic mass is 9.86. The van der Waals surface area contributed by atoms with Crippen molar-refractivity contribution in [1.29, 1.82) is 0 Å². The fourth-order valence-electron chi connectivity index (χ4n) is 2.90. The zero-order valence-corrected chi connectivity index (χ0v) is 12.6. The van der Waals surface area contributed by atoms with Crippen LogP contribution in [0.25, 0.3) is 16.5 Å². The predicted octanol–water partition coefficient (Wildman–Crippen LogP) is 2.74. The van der Waals surface area contributed by atoms with Crippen molar-refractivity contribution in [2.45, 2.75) is 32.3 Å². The van der Waals surface area contributed by atoms with Crippen molar-refractivity contribution in [2.24, 2.45) is 7.05 Å². The van der Waals surface area contributed by atoms with Crippen molar-refractivity contribution in [3.05, 3.63) is 52.1 Å². The number of hydrogen-bond donors (Lipinski definition) is 2. The summed E-state index contributed by atoms with van der Waals surface area (Å²) in [6, 6.07) is 1.95. The number of rotatable bonds is 2. The van der Waals surface area contributed by atoms with Gasteiger partial charge < -0.3 is 14.7 Å². The number of pyridine rings is 1. The van der Waals surface area contributed by atoms with E-state index >= 15 is 0 Å². The number of fused-ring (bicyclic) bond motifs is 1. The van der Waals surface area contributed by atoms with Crippen LogP contribution in [-0.4, -0.2) is 20.3 Å². The lowest BCUT2D eigenvalue weighted by Crippen LogP contribution is -2.23. The maximum absolute atomic E-state index is 12.1. The summed E-state index contributed by atoms with van der Waals surface area (Å²) in [7, 11) is 1.77. The molecule has 2 aromatic heterocycles. The van der Waals surface area contributed by atoms with E-state index in [1.54, 1.807) is 17.8 Å². The number of H-pyrrole nitrogens is 1. The molecule has 0 aliphatic heterocycles. The summed E-state index contributed by atoms with van der Waals surface area (Å²) >= 11 is 0. The number of nitrogens with one attached hydrogen (secondary N) is 1. The molecule has 1 aliphatic carbocycles. The molecule has 2 aromatic rings. The standard InChI is InChI=1S/C17H20N2O2/c1-17(2,21)12-6-4-11(5-7-12)14-10-19(3)16(20)15-13(14)8-9-18-15/h4,6,8-10,18,21H,5,7H2,1-3H3. The van der Waals surface area contributed by atoms with Crippen LogP contribution in [0.4, 0.5) is 0 Å². The van der Waals surface area contributed by atoms with E-state index in [2.05, 4.69) is 11.1 Å². The molecule has 1 aliphatic rings. The molecule has 0 saturated heterocycles. The van der Waals surface area contributed by atoms with Gasteiger partial charge >= 0.3 is 0 Å². The molecule has 110 valence electrons. The highest BCUT2D eigenvalue weighted by Gasteiger charge is 2.22. The molecule has 0 atom stereocenters. The average molecular weight is 284 g/mol. The number of aryl methyl sites for hydroxylation is 1. The summed E-state index contributed by atoms with van der Waals surface area (Å²) in [5, 5.41) is 11.0. The van der Waals surface area contributed by atoms with Gasteiger partial charge in [0.2, 0.25) is 0 Å². The molecule has 0 fully saturated rings. The van der Waals surface area contributed by atoms with Gasteiger partial charge in [0.05, 0.1) is 5.60 Å². The predicted molar refractivity (Wildman–Crippen MR) is 85.1 cm³/mol. The minimum atomic E-state index is -0.769. The number of aromatic amines is 1. The lowest BCUT2D eigenvalue weighted by molar-refractivity contribution is 0.116. The third-order valence-electron chi connectivity index (χ3n) is 4.18. The number of allylic oxidation sites excluding steroid dienone is 3. The Labute approximate surface area is 123 Å². The van der Waals surface area contributed by atoms with Gasteiger partial charge in [0, 0.05) is 30.4 Å². The van der Waals surface area contributed by atoms with E-state index in [1.165, 1.54) is 5.57 Å². The molecule has 4 heteroatoms. The van der Waals surface area contributed by atoms with E-state index < -0.39 is 5.60 Å². The first-order valence-corrected chi connectivity index (χ1v) is 7.17. The Morgan fingerprint density at radius 2 is 2.05 bits per heavy atom. The SMILES string of the molecule is Cn1cc(C2=CC=C(C(C)(C)O)CC2)c2cc[nH]c2c1=O. The van der Waals surface area contributed by atoms with Crippen molar-refractivity contribution in [2.75, 3.05) is 0 Å². The molecule has 2 heterocycles. The zero-order chi connectivity index (χ0) is 15.2. The summed E-state index contributed by atoms with van der Waals surface area (Å²) in [4.78, 5) is 15.1. The zero-order valence-electron chi connectivity index (χ0n) is 12.6. The second kappa shape index (κ2) is 4.74. The number of aliphatic hydroxyl groups is 1. The van der Waals surface area contributed by atoms with Crippen LogP contribution < -0.4 is 5.56 Å². The molecule has 0 saturated carbocycles. The minimum Gasteiger partial charge on any atom is -0.386 e. The van der Waals surface area contributed by atoms with Crippen LogP contribution in [0.15, 0.2) is 41.0 Å². The van der Waals surface area contributed by atoms with Crippen LogP contribution >= 0.6 is 0 Å². The van der Waals surface area contributed by atoms with Crippen molar-refractivity contribution in [1.82, 2.24) is 9.55 Å². The van der Waals surface area contributed by atoms with Gasteiger partial charge in [0.25, 0.3) is 5.56 Å². The maximum atomic E-state index is 12.1. The van der Waals surface area contributed by atoms with Crippen LogP contribution in [0.1, 0.15) is 32.3 Å². The quantitative estimate of drug-likeness (QED) is 0.891. The summed E-state index contributed by atoms with van der Waals surface area (Å²) in [6.07, 6.45) is 9.47. The second-order valence-corrected chi connectivity index (χ2v) is 6.17. The lowest BCUT2D eigenvalue weighted by Gasteiger charge is -2.25. The monoisotopic (exact) mass is 284 g/mol. The van der Waals surface area contributed by atoms with Crippen molar-refractivity contribution >= 4 is 16.5 Å². The molecule has 2 N–H and O–H groups in total. The highest BCUT2D eigenvalue weighted by molar-refractivity contribution is 5.92. The minimum absolute atomic E-state index is 0.0112. The van der Waals surface area contributed by atoms with Gasteiger partial charge in [-0.3, -0.25) is 4.79 Å². The summed E-state index contributed by atoms with van der Waals surface area (Å²) < 4.78 is 1.62. The smallest absolute Gasteiger partial charge is 0.274 e. The van der Waals surface area contributed by atoms with E-state index in [1.807, 2.05) is 32.2 Å². The first-order chi connectivity index (χ1) is 9.88. The maximum Gasteiger partial charge on any atom is 0.274 e. The largest absolute Gasteiger partial charge is 0.386 e. The molecule has 0 spiro atoms. The third-order valence-corrected chi connectivity index (χ3v) is 4.18. The topological polar surface area (TPSA) is 58.0 Å². The normalized spacial score (nSPS) is 16.0. The highest BCUT2D eigenvalue weighted by atomic mass is 16.3. The number of nitrogens with zero attached hydrogens (tertiary/aromatic N) is 1. The van der Waals surface area contributed by atoms with Crippen LogP contribution in [0, 0.1) is 0 Å². The Morgan fingerprint density at radius 1 is 1.29 bits per heavy atom. The van der Waals surface area contributed by atoms with Crippen molar-refractivity contribution in [3.8, 4) is 0 Å². The molecule has 0 bridgehead atoms. The van der Waals surface area contributed by atoms with E-state index in [-0.39, 0.29) is 5.56 Å². The third kappa shape index (κ3) is 2.36. The summed E-state index contributed by atoms with van der Waals surface area (Å²) in [6.45, 7) is 3.63. The van der Waals surface area contributed by atoms with Crippen LogP contribution in [0.2, 0.25) is 0 Å². The molecule has 0 radical (unpaired) electrons. The number of aromatic nitrogens is 2.